The fourth-order valence-electron chi connectivity index (χ4n) is 3.24. The minimum atomic E-state index is -0.311. The van der Waals surface area contributed by atoms with E-state index in [0.29, 0.717) is 5.75 Å². The molecule has 28 heavy (non-hydrogen) atoms. The summed E-state index contributed by atoms with van der Waals surface area (Å²) in [4.78, 5) is 15.9. The summed E-state index contributed by atoms with van der Waals surface area (Å²) in [5, 5.41) is 5.04. The fraction of sp³-hybridized carbons (Fsp3) is 0.227. The zero-order valence-electron chi connectivity index (χ0n) is 15.4. The Hall–Kier alpha value is -2.86. The molecule has 0 fully saturated rings. The van der Waals surface area contributed by atoms with Gasteiger partial charge in [-0.1, -0.05) is 0 Å². The van der Waals surface area contributed by atoms with E-state index in [1.54, 1.807) is 12.1 Å². The van der Waals surface area contributed by atoms with Crippen LogP contribution in [0, 0.1) is 5.82 Å². The molecular weight excluding hydrogens is 375 g/mol. The molecule has 144 valence electrons. The number of thiophene rings is 1. The largest absolute Gasteiger partial charge is 0.493 e. The molecule has 0 saturated heterocycles. The summed E-state index contributed by atoms with van der Waals surface area (Å²) in [5.41, 5.74) is 3.34. The number of nitrogens with zero attached hydrogens (tertiary/aromatic N) is 1. The zero-order chi connectivity index (χ0) is 19.3. The quantitative estimate of drug-likeness (QED) is 0.647. The molecule has 0 bridgehead atoms. The molecule has 1 amide bonds. The topological polar surface area (TPSA) is 41.6 Å². The second-order valence-electron chi connectivity index (χ2n) is 6.69. The maximum absolute atomic E-state index is 12.9. The van der Waals surface area contributed by atoms with Crippen LogP contribution in [0.25, 0.3) is 0 Å². The van der Waals surface area contributed by atoms with Crippen LogP contribution in [-0.2, 0) is 17.8 Å². The number of halogens is 1. The molecule has 0 unspecified atom stereocenters. The van der Waals surface area contributed by atoms with Gasteiger partial charge in [0.15, 0.2) is 0 Å². The van der Waals surface area contributed by atoms with E-state index in [2.05, 4.69) is 21.7 Å². The van der Waals surface area contributed by atoms with E-state index in [1.165, 1.54) is 22.6 Å². The van der Waals surface area contributed by atoms with Crippen molar-refractivity contribution in [3.8, 4) is 5.75 Å². The number of carbonyl (C=O) groups excluding carboxylic acids is 1. The molecule has 1 aliphatic heterocycles. The second-order valence-corrected chi connectivity index (χ2v) is 7.69. The predicted octanol–water partition coefficient (Wildman–Crippen LogP) is 4.86. The van der Waals surface area contributed by atoms with E-state index < -0.39 is 0 Å². The third-order valence-electron chi connectivity index (χ3n) is 4.74. The molecule has 3 aromatic rings. The number of anilines is 2. The Bertz CT molecular complexity index is 938. The first-order valence-corrected chi connectivity index (χ1v) is 10.1. The minimum absolute atomic E-state index is 0.115. The monoisotopic (exact) mass is 396 g/mol. The van der Waals surface area contributed by atoms with Gasteiger partial charge in [-0.3, -0.25) is 4.79 Å². The van der Waals surface area contributed by atoms with Crippen molar-refractivity contribution in [3.05, 3.63) is 76.2 Å². The maximum Gasteiger partial charge on any atom is 0.227 e. The maximum atomic E-state index is 12.9. The van der Waals surface area contributed by atoms with Crippen LogP contribution >= 0.6 is 11.3 Å². The lowest BCUT2D eigenvalue weighted by Crippen LogP contribution is -2.29. The van der Waals surface area contributed by atoms with Crippen LogP contribution < -0.4 is 15.0 Å². The fourth-order valence-corrected chi connectivity index (χ4v) is 4.13. The van der Waals surface area contributed by atoms with Gasteiger partial charge in [0.05, 0.1) is 13.0 Å². The van der Waals surface area contributed by atoms with Gasteiger partial charge in [-0.2, -0.15) is 0 Å². The van der Waals surface area contributed by atoms with Gasteiger partial charge in [0, 0.05) is 29.3 Å². The van der Waals surface area contributed by atoms with Gasteiger partial charge < -0.3 is 15.0 Å². The molecule has 1 aromatic heterocycles. The SMILES string of the molecule is O=C(CCOc1ccc(F)cc1)Nc1ccc(N2CCc3sccc3C2)cc1. The smallest absolute Gasteiger partial charge is 0.227 e. The second kappa shape index (κ2) is 8.44. The summed E-state index contributed by atoms with van der Waals surface area (Å²) < 4.78 is 18.3. The highest BCUT2D eigenvalue weighted by atomic mass is 32.1. The van der Waals surface area contributed by atoms with Crippen molar-refractivity contribution in [3.63, 3.8) is 0 Å². The number of benzene rings is 2. The van der Waals surface area contributed by atoms with Gasteiger partial charge in [-0.25, -0.2) is 4.39 Å². The zero-order valence-corrected chi connectivity index (χ0v) is 16.2. The van der Waals surface area contributed by atoms with Crippen molar-refractivity contribution in [2.45, 2.75) is 19.4 Å². The van der Waals surface area contributed by atoms with Gasteiger partial charge in [-0.05, 0) is 72.0 Å². The number of hydrogen-bond donors (Lipinski definition) is 1. The lowest BCUT2D eigenvalue weighted by atomic mass is 10.1. The molecule has 4 rings (SSSR count). The van der Waals surface area contributed by atoms with Crippen LogP contribution in [0.3, 0.4) is 0 Å². The van der Waals surface area contributed by atoms with Crippen molar-refractivity contribution in [1.82, 2.24) is 0 Å². The van der Waals surface area contributed by atoms with E-state index in [9.17, 15) is 9.18 Å². The molecule has 6 heteroatoms. The minimum Gasteiger partial charge on any atom is -0.493 e. The average molecular weight is 396 g/mol. The Balaban J connectivity index is 1.26. The van der Waals surface area contributed by atoms with Crippen LogP contribution in [0.1, 0.15) is 16.9 Å². The van der Waals surface area contributed by atoms with Crippen LogP contribution in [0.4, 0.5) is 15.8 Å². The van der Waals surface area contributed by atoms with E-state index in [4.69, 9.17) is 4.74 Å². The number of nitrogens with one attached hydrogen (secondary N) is 1. The van der Waals surface area contributed by atoms with Gasteiger partial charge in [-0.15, -0.1) is 11.3 Å². The molecule has 0 saturated carbocycles. The predicted molar refractivity (Wildman–Crippen MR) is 111 cm³/mol. The number of rotatable bonds is 6. The van der Waals surface area contributed by atoms with Crippen molar-refractivity contribution in [2.24, 2.45) is 0 Å². The molecule has 0 aliphatic carbocycles. The van der Waals surface area contributed by atoms with Crippen molar-refractivity contribution in [1.29, 1.82) is 0 Å². The Morgan fingerprint density at radius 3 is 2.68 bits per heavy atom. The number of ether oxygens (including phenoxy) is 1. The number of fused-ring (bicyclic) bond motifs is 1. The Kier molecular flexibility index (Phi) is 5.58. The average Bonchev–Trinajstić information content (AvgIpc) is 3.18. The number of carbonyl (C=O) groups is 1. The van der Waals surface area contributed by atoms with Crippen LogP contribution in [0.2, 0.25) is 0 Å². The summed E-state index contributed by atoms with van der Waals surface area (Å²) in [6, 6.07) is 15.9. The van der Waals surface area contributed by atoms with E-state index >= 15 is 0 Å². The van der Waals surface area contributed by atoms with Gasteiger partial charge in [0.1, 0.15) is 11.6 Å². The highest BCUT2D eigenvalue weighted by Gasteiger charge is 2.17. The Morgan fingerprint density at radius 1 is 1.11 bits per heavy atom. The van der Waals surface area contributed by atoms with Crippen molar-refractivity contribution < 1.29 is 13.9 Å². The van der Waals surface area contributed by atoms with E-state index in [1.807, 2.05) is 35.6 Å². The van der Waals surface area contributed by atoms with Crippen LogP contribution in [0.5, 0.6) is 5.75 Å². The molecular formula is C22H21FN2O2S. The molecule has 0 radical (unpaired) electrons. The first-order chi connectivity index (χ1) is 13.7. The van der Waals surface area contributed by atoms with Gasteiger partial charge in [0.25, 0.3) is 0 Å². The number of amides is 1. The van der Waals surface area contributed by atoms with Gasteiger partial charge >= 0.3 is 0 Å². The Morgan fingerprint density at radius 2 is 1.89 bits per heavy atom. The van der Waals surface area contributed by atoms with Crippen molar-refractivity contribution >= 4 is 28.6 Å². The molecule has 2 aromatic carbocycles. The molecule has 2 heterocycles. The molecule has 1 N–H and O–H groups in total. The summed E-state index contributed by atoms with van der Waals surface area (Å²) in [6.45, 7) is 2.19. The van der Waals surface area contributed by atoms with Crippen LogP contribution in [-0.4, -0.2) is 19.1 Å². The third kappa shape index (κ3) is 4.51. The highest BCUT2D eigenvalue weighted by molar-refractivity contribution is 7.10. The number of hydrogen-bond acceptors (Lipinski definition) is 4. The highest BCUT2D eigenvalue weighted by Crippen LogP contribution is 2.28. The molecule has 4 nitrogen and oxygen atoms in total. The lowest BCUT2D eigenvalue weighted by Gasteiger charge is -2.29. The molecule has 0 spiro atoms. The van der Waals surface area contributed by atoms with E-state index in [0.717, 1.165) is 30.9 Å². The summed E-state index contributed by atoms with van der Waals surface area (Å²) in [5.74, 6) is 0.124. The normalized spacial score (nSPS) is 13.1. The lowest BCUT2D eigenvalue weighted by molar-refractivity contribution is -0.116. The van der Waals surface area contributed by atoms with Crippen molar-refractivity contribution in [2.75, 3.05) is 23.4 Å². The third-order valence-corrected chi connectivity index (χ3v) is 5.76. The van der Waals surface area contributed by atoms with E-state index in [-0.39, 0.29) is 24.8 Å². The Labute approximate surface area is 167 Å². The molecule has 0 atom stereocenters. The first kappa shape index (κ1) is 18.5. The summed E-state index contributed by atoms with van der Waals surface area (Å²) in [7, 11) is 0. The van der Waals surface area contributed by atoms with Gasteiger partial charge in [0.2, 0.25) is 5.91 Å². The standard InChI is InChI=1S/C22H21FN2O2S/c23-17-1-7-20(8-2-17)27-13-10-22(26)24-18-3-5-19(6-4-18)25-12-9-21-16(15-25)11-14-28-21/h1-8,11,14H,9-10,12-13,15H2,(H,24,26). The van der Waals surface area contributed by atoms with Crippen LogP contribution in [0.15, 0.2) is 60.0 Å². The molecule has 1 aliphatic rings. The summed E-state index contributed by atoms with van der Waals surface area (Å²) in [6.07, 6.45) is 1.31. The summed E-state index contributed by atoms with van der Waals surface area (Å²) >= 11 is 1.84. The first-order valence-electron chi connectivity index (χ1n) is 9.26.